The molecule has 0 amide bonds. The molecule has 1 aromatic rings. The molecule has 1 saturated heterocycles. The molecule has 2 rings (SSSR count). The highest BCUT2D eigenvalue weighted by Gasteiger charge is 2.19. The number of nitrogens with two attached hydrogens (primary N) is 1. The fourth-order valence-electron chi connectivity index (χ4n) is 1.97. The zero-order valence-corrected chi connectivity index (χ0v) is 12.3. The Morgan fingerprint density at radius 1 is 1.39 bits per heavy atom. The van der Waals surface area contributed by atoms with Gasteiger partial charge >= 0.3 is 0 Å². The number of nitrogens with zero attached hydrogens (tertiary/aromatic N) is 1. The summed E-state index contributed by atoms with van der Waals surface area (Å²) in [5.41, 5.74) is 6.67. The topological polar surface area (TPSA) is 38.5 Å². The van der Waals surface area contributed by atoms with Gasteiger partial charge in [0.1, 0.15) is 0 Å². The van der Waals surface area contributed by atoms with Crippen molar-refractivity contribution in [2.45, 2.75) is 12.6 Å². The number of rotatable bonds is 3. The summed E-state index contributed by atoms with van der Waals surface area (Å²) >= 11 is 12.1. The van der Waals surface area contributed by atoms with E-state index in [2.05, 4.69) is 4.90 Å². The van der Waals surface area contributed by atoms with Gasteiger partial charge in [-0.1, -0.05) is 23.2 Å². The summed E-state index contributed by atoms with van der Waals surface area (Å²) < 4.78 is 5.52. The Morgan fingerprint density at radius 3 is 2.89 bits per heavy atom. The second-order valence-corrected chi connectivity index (χ2v) is 5.04. The molecule has 102 valence electrons. The van der Waals surface area contributed by atoms with Crippen LogP contribution in [-0.2, 0) is 11.3 Å². The quantitative estimate of drug-likeness (QED) is 0.932. The van der Waals surface area contributed by atoms with E-state index in [0.717, 1.165) is 36.8 Å². The largest absolute Gasteiger partial charge is 0.374 e. The molecular formula is C12H17Cl3N2O. The van der Waals surface area contributed by atoms with Gasteiger partial charge in [-0.2, -0.15) is 0 Å². The van der Waals surface area contributed by atoms with Crippen LogP contribution >= 0.6 is 35.6 Å². The van der Waals surface area contributed by atoms with E-state index in [1.807, 2.05) is 12.1 Å². The molecule has 1 heterocycles. The van der Waals surface area contributed by atoms with Crippen molar-refractivity contribution in [1.82, 2.24) is 4.90 Å². The van der Waals surface area contributed by atoms with Gasteiger partial charge in [0.15, 0.2) is 0 Å². The maximum Gasteiger partial charge on any atom is 0.0824 e. The normalized spacial score (nSPS) is 20.5. The first kappa shape index (κ1) is 16.0. The SMILES string of the molecule is Cl.NCC1CN(Cc2cc(Cl)ccc2Cl)CCO1. The molecule has 1 aliphatic rings. The molecule has 3 nitrogen and oxygen atoms in total. The lowest BCUT2D eigenvalue weighted by Gasteiger charge is -2.32. The van der Waals surface area contributed by atoms with Crippen molar-refractivity contribution < 1.29 is 4.74 Å². The number of hydrogen-bond acceptors (Lipinski definition) is 3. The molecule has 1 atom stereocenters. The monoisotopic (exact) mass is 310 g/mol. The minimum absolute atomic E-state index is 0. The Morgan fingerprint density at radius 2 is 2.17 bits per heavy atom. The van der Waals surface area contributed by atoms with Crippen molar-refractivity contribution in [3.8, 4) is 0 Å². The summed E-state index contributed by atoms with van der Waals surface area (Å²) in [4.78, 5) is 2.29. The standard InChI is InChI=1S/C12H16Cl2N2O.ClH/c13-10-1-2-12(14)9(5-10)7-16-3-4-17-11(6-15)8-16;/h1-2,5,11H,3-4,6-8,15H2;1H. The lowest BCUT2D eigenvalue weighted by molar-refractivity contribution is -0.0260. The Bertz CT molecular complexity index is 390. The van der Waals surface area contributed by atoms with E-state index in [4.69, 9.17) is 33.7 Å². The molecule has 18 heavy (non-hydrogen) atoms. The summed E-state index contributed by atoms with van der Waals surface area (Å²) in [7, 11) is 0. The number of morpholine rings is 1. The molecule has 1 fully saturated rings. The molecule has 0 aromatic heterocycles. The summed E-state index contributed by atoms with van der Waals surface area (Å²) in [6, 6.07) is 5.55. The average Bonchev–Trinajstić information content (AvgIpc) is 2.34. The van der Waals surface area contributed by atoms with E-state index in [9.17, 15) is 0 Å². The van der Waals surface area contributed by atoms with Crippen molar-refractivity contribution in [2.75, 3.05) is 26.2 Å². The molecule has 1 aromatic carbocycles. The summed E-state index contributed by atoms with van der Waals surface area (Å²) in [5.74, 6) is 0. The molecule has 1 aliphatic heterocycles. The van der Waals surface area contributed by atoms with Crippen LogP contribution in [0.5, 0.6) is 0 Å². The van der Waals surface area contributed by atoms with Gasteiger partial charge in [0, 0.05) is 36.2 Å². The molecule has 0 aliphatic carbocycles. The number of ether oxygens (including phenoxy) is 1. The van der Waals surface area contributed by atoms with Gasteiger partial charge in [0.25, 0.3) is 0 Å². The third kappa shape index (κ3) is 4.26. The zero-order chi connectivity index (χ0) is 12.3. The number of benzene rings is 1. The van der Waals surface area contributed by atoms with E-state index < -0.39 is 0 Å². The first-order valence-corrected chi connectivity index (χ1v) is 6.42. The minimum atomic E-state index is 0. The van der Waals surface area contributed by atoms with E-state index in [-0.39, 0.29) is 18.5 Å². The van der Waals surface area contributed by atoms with E-state index in [1.54, 1.807) is 6.07 Å². The molecule has 0 bridgehead atoms. The van der Waals surface area contributed by atoms with Crippen molar-refractivity contribution in [2.24, 2.45) is 5.73 Å². The van der Waals surface area contributed by atoms with Crippen LogP contribution < -0.4 is 5.73 Å². The summed E-state index contributed by atoms with van der Waals surface area (Å²) in [5, 5.41) is 1.47. The fourth-order valence-corrected chi connectivity index (χ4v) is 2.34. The van der Waals surface area contributed by atoms with Crippen LogP contribution in [-0.4, -0.2) is 37.2 Å². The van der Waals surface area contributed by atoms with Crippen LogP contribution in [0, 0.1) is 0 Å². The predicted octanol–water partition coefficient (Wildman–Crippen LogP) is 2.57. The predicted molar refractivity (Wildman–Crippen MR) is 77.8 cm³/mol. The maximum atomic E-state index is 6.14. The molecule has 2 N–H and O–H groups in total. The van der Waals surface area contributed by atoms with Gasteiger partial charge in [-0.25, -0.2) is 0 Å². The molecule has 0 spiro atoms. The van der Waals surface area contributed by atoms with Gasteiger partial charge in [-0.3, -0.25) is 4.90 Å². The highest BCUT2D eigenvalue weighted by Crippen LogP contribution is 2.22. The maximum absolute atomic E-state index is 6.14. The Kier molecular flexibility index (Phi) is 6.71. The molecule has 0 saturated carbocycles. The van der Waals surface area contributed by atoms with Crippen LogP contribution in [0.2, 0.25) is 10.0 Å². The highest BCUT2D eigenvalue weighted by molar-refractivity contribution is 6.33. The van der Waals surface area contributed by atoms with Gasteiger partial charge in [0.05, 0.1) is 12.7 Å². The van der Waals surface area contributed by atoms with Crippen molar-refractivity contribution in [3.05, 3.63) is 33.8 Å². The summed E-state index contributed by atoms with van der Waals surface area (Å²) in [6.07, 6.45) is 0.127. The van der Waals surface area contributed by atoms with Gasteiger partial charge in [-0.15, -0.1) is 12.4 Å². The van der Waals surface area contributed by atoms with Crippen molar-refractivity contribution in [1.29, 1.82) is 0 Å². The van der Waals surface area contributed by atoms with Crippen LogP contribution in [0.25, 0.3) is 0 Å². The summed E-state index contributed by atoms with van der Waals surface area (Å²) in [6.45, 7) is 3.82. The van der Waals surface area contributed by atoms with E-state index in [1.165, 1.54) is 0 Å². The number of halogens is 3. The van der Waals surface area contributed by atoms with Crippen molar-refractivity contribution >= 4 is 35.6 Å². The minimum Gasteiger partial charge on any atom is -0.374 e. The lowest BCUT2D eigenvalue weighted by atomic mass is 10.2. The second kappa shape index (κ2) is 7.53. The molecule has 6 heteroatoms. The van der Waals surface area contributed by atoms with Crippen LogP contribution in [0.3, 0.4) is 0 Å². The van der Waals surface area contributed by atoms with E-state index in [0.29, 0.717) is 11.6 Å². The van der Waals surface area contributed by atoms with Gasteiger partial charge in [0.2, 0.25) is 0 Å². The highest BCUT2D eigenvalue weighted by atomic mass is 35.5. The fraction of sp³-hybridized carbons (Fsp3) is 0.500. The lowest BCUT2D eigenvalue weighted by Crippen LogP contribution is -2.45. The first-order chi connectivity index (χ1) is 8.19. The average molecular weight is 312 g/mol. The number of hydrogen-bond donors (Lipinski definition) is 1. The van der Waals surface area contributed by atoms with Gasteiger partial charge in [-0.05, 0) is 23.8 Å². The Labute approximate surface area is 124 Å². The van der Waals surface area contributed by atoms with Crippen LogP contribution in [0.15, 0.2) is 18.2 Å². The Balaban J connectivity index is 0.00000162. The third-order valence-corrected chi connectivity index (χ3v) is 3.49. The first-order valence-electron chi connectivity index (χ1n) is 5.67. The van der Waals surface area contributed by atoms with Crippen LogP contribution in [0.1, 0.15) is 5.56 Å². The molecular weight excluding hydrogens is 295 g/mol. The smallest absolute Gasteiger partial charge is 0.0824 e. The van der Waals surface area contributed by atoms with E-state index >= 15 is 0 Å². The zero-order valence-electron chi connectivity index (χ0n) is 9.94. The molecule has 0 radical (unpaired) electrons. The van der Waals surface area contributed by atoms with Crippen LogP contribution in [0.4, 0.5) is 0 Å². The van der Waals surface area contributed by atoms with Gasteiger partial charge < -0.3 is 10.5 Å². The van der Waals surface area contributed by atoms with Crippen molar-refractivity contribution in [3.63, 3.8) is 0 Å². The second-order valence-electron chi connectivity index (χ2n) is 4.20. The third-order valence-electron chi connectivity index (χ3n) is 2.89. The Hall–Kier alpha value is -0.0300. The molecule has 1 unspecified atom stereocenters.